The van der Waals surface area contributed by atoms with Crippen molar-refractivity contribution in [2.45, 2.75) is 32.5 Å². The molecule has 0 fully saturated rings. The Bertz CT molecular complexity index is 1300. The number of halogens is 1. The van der Waals surface area contributed by atoms with E-state index in [2.05, 4.69) is 26.2 Å². The van der Waals surface area contributed by atoms with Crippen molar-refractivity contribution in [1.29, 1.82) is 0 Å². The Labute approximate surface area is 207 Å². The zero-order chi connectivity index (χ0) is 24.1. The van der Waals surface area contributed by atoms with Gasteiger partial charge in [-0.1, -0.05) is 58.4 Å². The van der Waals surface area contributed by atoms with Gasteiger partial charge in [0.25, 0.3) is 0 Å². The van der Waals surface area contributed by atoms with Crippen molar-refractivity contribution < 1.29 is 19.4 Å². The van der Waals surface area contributed by atoms with Gasteiger partial charge in [-0.25, -0.2) is 0 Å². The van der Waals surface area contributed by atoms with Gasteiger partial charge in [-0.15, -0.1) is 0 Å². The lowest BCUT2D eigenvalue weighted by atomic mass is 10.0. The van der Waals surface area contributed by atoms with Crippen LogP contribution in [0.1, 0.15) is 22.3 Å². The average molecular weight is 523 g/mol. The van der Waals surface area contributed by atoms with Gasteiger partial charge in [0.05, 0.1) is 7.11 Å². The number of carbonyl (C=O) groups is 1. The molecule has 0 radical (unpaired) electrons. The van der Waals surface area contributed by atoms with Gasteiger partial charge < -0.3 is 19.6 Å². The lowest BCUT2D eigenvalue weighted by Gasteiger charge is -2.20. The molecule has 0 aliphatic heterocycles. The van der Waals surface area contributed by atoms with Crippen molar-refractivity contribution in [3.8, 4) is 11.5 Å². The molecule has 0 saturated carbocycles. The number of fused-ring (bicyclic) bond motifs is 1. The molecule has 0 aliphatic rings. The van der Waals surface area contributed by atoms with E-state index in [9.17, 15) is 9.90 Å². The summed E-state index contributed by atoms with van der Waals surface area (Å²) in [4.78, 5) is 15.3. The largest absolute Gasteiger partial charge is 0.493 e. The summed E-state index contributed by atoms with van der Waals surface area (Å²) in [5, 5.41) is 14.1. The molecule has 4 aromatic rings. The van der Waals surface area contributed by atoms with Crippen molar-refractivity contribution in [3.63, 3.8) is 0 Å². The lowest BCUT2D eigenvalue weighted by Crippen LogP contribution is -2.38. The van der Waals surface area contributed by atoms with Crippen LogP contribution in [0.15, 0.2) is 71.3 Å². The lowest BCUT2D eigenvalue weighted by molar-refractivity contribution is -0.139. The van der Waals surface area contributed by atoms with Crippen LogP contribution in [0.3, 0.4) is 0 Å². The predicted octanol–water partition coefficient (Wildman–Crippen LogP) is 5.61. The first kappa shape index (κ1) is 23.9. The summed E-state index contributed by atoms with van der Waals surface area (Å²) in [5.41, 5.74) is 4.96. The van der Waals surface area contributed by atoms with Gasteiger partial charge in [0.1, 0.15) is 12.6 Å². The van der Waals surface area contributed by atoms with Crippen LogP contribution in [-0.2, 0) is 24.4 Å². The van der Waals surface area contributed by atoms with Crippen molar-refractivity contribution in [2.24, 2.45) is 0 Å². The van der Waals surface area contributed by atoms with Gasteiger partial charge in [-0.3, -0.25) is 10.1 Å². The number of carboxylic acids is 1. The minimum Gasteiger partial charge on any atom is -0.493 e. The quantitative estimate of drug-likeness (QED) is 0.252. The number of rotatable bonds is 10. The van der Waals surface area contributed by atoms with Crippen LogP contribution in [0.4, 0.5) is 0 Å². The second-order valence-electron chi connectivity index (χ2n) is 8.11. The summed E-state index contributed by atoms with van der Waals surface area (Å²) in [5.74, 6) is 0.271. The van der Waals surface area contributed by atoms with E-state index in [-0.39, 0.29) is 0 Å². The molecular weight excluding hydrogens is 496 g/mol. The first-order chi connectivity index (χ1) is 16.5. The van der Waals surface area contributed by atoms with Crippen molar-refractivity contribution >= 4 is 32.8 Å². The highest BCUT2D eigenvalue weighted by molar-refractivity contribution is 9.10. The number of methoxy groups -OCH3 is 1. The standard InChI is InChI=1S/C27H27BrN2O4/c1-17-7-3-4-8-18(17)16-34-26-21(22(28)11-12-25(26)33-2)15-30-24(27(31)32)13-19-14-29-23-10-6-5-9-20(19)23/h3-12,14,24,29-30H,13,15-16H2,1-2H3,(H,31,32). The molecule has 1 atom stereocenters. The van der Waals surface area contributed by atoms with Gasteiger partial charge in [0, 0.05) is 40.1 Å². The second kappa shape index (κ2) is 10.8. The highest BCUT2D eigenvalue weighted by atomic mass is 79.9. The third kappa shape index (κ3) is 5.26. The number of aromatic nitrogens is 1. The molecule has 1 aromatic heterocycles. The summed E-state index contributed by atoms with van der Waals surface area (Å²) in [6.45, 7) is 2.71. The minimum atomic E-state index is -0.910. The molecule has 4 rings (SSSR count). The van der Waals surface area contributed by atoms with E-state index in [4.69, 9.17) is 9.47 Å². The molecule has 1 unspecified atom stereocenters. The van der Waals surface area contributed by atoms with Gasteiger partial charge in [0.2, 0.25) is 0 Å². The summed E-state index contributed by atoms with van der Waals surface area (Å²) in [6.07, 6.45) is 2.22. The summed E-state index contributed by atoms with van der Waals surface area (Å²) < 4.78 is 12.6. The van der Waals surface area contributed by atoms with Gasteiger partial charge in [-0.2, -0.15) is 0 Å². The van der Waals surface area contributed by atoms with Crippen LogP contribution in [0.2, 0.25) is 0 Å². The number of para-hydroxylation sites is 1. The Kier molecular flexibility index (Phi) is 7.55. The van der Waals surface area contributed by atoms with Gasteiger partial charge in [-0.05, 0) is 41.8 Å². The van der Waals surface area contributed by atoms with Gasteiger partial charge >= 0.3 is 5.97 Å². The fourth-order valence-electron chi connectivity index (χ4n) is 3.98. The highest BCUT2D eigenvalue weighted by Crippen LogP contribution is 2.37. The smallest absolute Gasteiger partial charge is 0.321 e. The van der Waals surface area contributed by atoms with Crippen LogP contribution in [0.5, 0.6) is 11.5 Å². The van der Waals surface area contributed by atoms with Crippen LogP contribution in [0.25, 0.3) is 10.9 Å². The molecule has 0 aliphatic carbocycles. The summed E-state index contributed by atoms with van der Waals surface area (Å²) in [7, 11) is 1.60. The molecule has 7 heteroatoms. The Morgan fingerprint density at radius 3 is 2.62 bits per heavy atom. The zero-order valence-corrected chi connectivity index (χ0v) is 20.7. The van der Waals surface area contributed by atoms with Crippen LogP contribution >= 0.6 is 15.9 Å². The first-order valence-electron chi connectivity index (χ1n) is 11.0. The SMILES string of the molecule is COc1ccc(Br)c(CNC(Cc2c[nH]c3ccccc23)C(=O)O)c1OCc1ccccc1C. The Morgan fingerprint density at radius 1 is 1.09 bits per heavy atom. The van der Waals surface area contributed by atoms with Crippen LogP contribution in [0, 0.1) is 6.92 Å². The monoisotopic (exact) mass is 522 g/mol. The number of hydrogen-bond acceptors (Lipinski definition) is 4. The normalized spacial score (nSPS) is 12.0. The first-order valence-corrected chi connectivity index (χ1v) is 11.8. The third-order valence-corrected chi connectivity index (χ3v) is 6.69. The minimum absolute atomic E-state index is 0.292. The van der Waals surface area contributed by atoms with Crippen LogP contribution in [-0.4, -0.2) is 29.2 Å². The van der Waals surface area contributed by atoms with E-state index in [0.717, 1.165) is 37.6 Å². The third-order valence-electron chi connectivity index (χ3n) is 5.94. The van der Waals surface area contributed by atoms with Crippen molar-refractivity contribution in [1.82, 2.24) is 10.3 Å². The highest BCUT2D eigenvalue weighted by Gasteiger charge is 2.22. The van der Waals surface area contributed by atoms with E-state index in [1.165, 1.54) is 0 Å². The Hall–Kier alpha value is -3.29. The number of benzene rings is 3. The molecule has 0 spiro atoms. The number of ether oxygens (including phenoxy) is 2. The van der Waals surface area contributed by atoms with E-state index in [1.807, 2.05) is 73.8 Å². The molecule has 1 heterocycles. The topological polar surface area (TPSA) is 83.6 Å². The molecule has 0 saturated heterocycles. The molecular formula is C27H27BrN2O4. The number of aliphatic carboxylic acids is 1. The number of aromatic amines is 1. The zero-order valence-electron chi connectivity index (χ0n) is 19.1. The van der Waals surface area contributed by atoms with Crippen molar-refractivity contribution in [3.05, 3.63) is 93.6 Å². The average Bonchev–Trinajstić information content (AvgIpc) is 3.24. The molecule has 3 aromatic carbocycles. The van der Waals surface area contributed by atoms with E-state index in [1.54, 1.807) is 7.11 Å². The van der Waals surface area contributed by atoms with Gasteiger partial charge in [0.15, 0.2) is 11.5 Å². The van der Waals surface area contributed by atoms with E-state index >= 15 is 0 Å². The maximum absolute atomic E-state index is 12.1. The number of carboxylic acid groups (broad SMARTS) is 1. The Balaban J connectivity index is 1.55. The fourth-order valence-corrected chi connectivity index (χ4v) is 4.43. The van der Waals surface area contributed by atoms with Crippen molar-refractivity contribution in [2.75, 3.05) is 7.11 Å². The predicted molar refractivity (Wildman–Crippen MR) is 136 cm³/mol. The molecule has 3 N–H and O–H groups in total. The number of hydrogen-bond donors (Lipinski definition) is 3. The molecule has 34 heavy (non-hydrogen) atoms. The molecule has 0 bridgehead atoms. The Morgan fingerprint density at radius 2 is 1.85 bits per heavy atom. The summed E-state index contributed by atoms with van der Waals surface area (Å²) in [6, 6.07) is 18.9. The molecule has 0 amide bonds. The maximum atomic E-state index is 12.1. The number of aryl methyl sites for hydroxylation is 1. The summed E-state index contributed by atoms with van der Waals surface area (Å²) >= 11 is 3.60. The number of nitrogens with one attached hydrogen (secondary N) is 2. The molecule has 6 nitrogen and oxygen atoms in total. The van der Waals surface area contributed by atoms with E-state index < -0.39 is 12.0 Å². The molecule has 176 valence electrons. The van der Waals surface area contributed by atoms with E-state index in [0.29, 0.717) is 31.1 Å². The van der Waals surface area contributed by atoms with Crippen LogP contribution < -0.4 is 14.8 Å². The number of H-pyrrole nitrogens is 1. The maximum Gasteiger partial charge on any atom is 0.321 e. The second-order valence-corrected chi connectivity index (χ2v) is 8.96. The fraction of sp³-hybridized carbons (Fsp3) is 0.222.